The van der Waals surface area contributed by atoms with Gasteiger partial charge in [0.25, 0.3) is 0 Å². The average Bonchev–Trinajstić information content (AvgIpc) is 2.58. The van der Waals surface area contributed by atoms with Gasteiger partial charge in [-0.2, -0.15) is 0 Å². The van der Waals surface area contributed by atoms with Crippen LogP contribution < -0.4 is 9.47 Å². The Morgan fingerprint density at radius 3 is 2.13 bits per heavy atom. The molecule has 2 aromatic rings. The van der Waals surface area contributed by atoms with Gasteiger partial charge in [-0.15, -0.1) is 0 Å². The molecule has 0 bridgehead atoms. The first kappa shape index (κ1) is 16.9. The molecule has 4 nitrogen and oxygen atoms in total. The normalized spacial score (nSPS) is 10.3. The fraction of sp³-hybridized carbons (Fsp3) is 0.316. The summed E-state index contributed by atoms with van der Waals surface area (Å²) >= 11 is 0. The molecule has 0 fully saturated rings. The molecule has 0 saturated carbocycles. The maximum atomic E-state index is 10.4. The molecule has 122 valence electrons. The topological polar surface area (TPSA) is 55.8 Å². The van der Waals surface area contributed by atoms with Crippen molar-refractivity contribution in [2.45, 2.75) is 32.3 Å². The molecule has 2 rings (SSSR count). The third-order valence-corrected chi connectivity index (χ3v) is 3.38. The lowest BCUT2D eigenvalue weighted by Crippen LogP contribution is -1.99. The smallest absolute Gasteiger partial charge is 0.303 e. The number of rotatable bonds is 10. The number of hydrogen-bond donors (Lipinski definition) is 1. The summed E-state index contributed by atoms with van der Waals surface area (Å²) in [4.78, 5) is 10.4. The number of aliphatic carboxylic acids is 1. The van der Waals surface area contributed by atoms with Crippen molar-refractivity contribution >= 4 is 5.97 Å². The highest BCUT2D eigenvalue weighted by atomic mass is 16.5. The number of benzene rings is 2. The first-order chi connectivity index (χ1) is 11.2. The average molecular weight is 314 g/mol. The maximum Gasteiger partial charge on any atom is 0.303 e. The van der Waals surface area contributed by atoms with Crippen LogP contribution in [-0.4, -0.2) is 17.7 Å². The molecule has 4 heteroatoms. The number of hydrogen-bond acceptors (Lipinski definition) is 3. The molecule has 1 N–H and O–H groups in total. The van der Waals surface area contributed by atoms with E-state index in [0.29, 0.717) is 19.6 Å². The second-order valence-corrected chi connectivity index (χ2v) is 5.30. The van der Waals surface area contributed by atoms with E-state index in [9.17, 15) is 4.79 Å². The molecular formula is C19H22O4. The standard InChI is InChI=1S/C19H22O4/c20-19(21)9-5-2-6-14-22-17-10-12-18(13-11-17)23-15-16-7-3-1-4-8-16/h1,3-4,7-8,10-13H,2,5-6,9,14-15H2,(H,20,21). The summed E-state index contributed by atoms with van der Waals surface area (Å²) in [5.41, 5.74) is 1.13. The van der Waals surface area contributed by atoms with E-state index >= 15 is 0 Å². The molecule has 0 radical (unpaired) electrons. The highest BCUT2D eigenvalue weighted by Gasteiger charge is 1.99. The number of unbranched alkanes of at least 4 members (excludes halogenated alkanes) is 2. The van der Waals surface area contributed by atoms with E-state index < -0.39 is 5.97 Å². The van der Waals surface area contributed by atoms with Crippen LogP contribution in [0, 0.1) is 0 Å². The van der Waals surface area contributed by atoms with E-state index in [1.807, 2.05) is 54.6 Å². The Bertz CT molecular complexity index is 578. The van der Waals surface area contributed by atoms with Crippen LogP contribution in [0.1, 0.15) is 31.2 Å². The number of carboxylic acid groups (broad SMARTS) is 1. The van der Waals surface area contributed by atoms with Crippen molar-refractivity contribution < 1.29 is 19.4 Å². The molecule has 23 heavy (non-hydrogen) atoms. The molecule has 0 amide bonds. The van der Waals surface area contributed by atoms with Crippen molar-refractivity contribution in [3.8, 4) is 11.5 Å². The molecular weight excluding hydrogens is 292 g/mol. The Labute approximate surface area is 136 Å². The molecule has 0 aliphatic heterocycles. The van der Waals surface area contributed by atoms with Crippen LogP contribution in [0.25, 0.3) is 0 Å². The lowest BCUT2D eigenvalue weighted by molar-refractivity contribution is -0.137. The van der Waals surface area contributed by atoms with E-state index in [2.05, 4.69) is 0 Å². The van der Waals surface area contributed by atoms with E-state index in [4.69, 9.17) is 14.6 Å². The Kier molecular flexibility index (Phi) is 6.98. The summed E-state index contributed by atoms with van der Waals surface area (Å²) < 4.78 is 11.3. The van der Waals surface area contributed by atoms with Crippen LogP contribution in [0.4, 0.5) is 0 Å². The number of ether oxygens (including phenoxy) is 2. The Morgan fingerprint density at radius 2 is 1.48 bits per heavy atom. The minimum Gasteiger partial charge on any atom is -0.494 e. The van der Waals surface area contributed by atoms with Gasteiger partial charge in [-0.25, -0.2) is 0 Å². The first-order valence-electron chi connectivity index (χ1n) is 7.85. The van der Waals surface area contributed by atoms with Gasteiger partial charge in [-0.1, -0.05) is 30.3 Å². The van der Waals surface area contributed by atoms with Crippen molar-refractivity contribution in [3.63, 3.8) is 0 Å². The Balaban J connectivity index is 1.65. The quantitative estimate of drug-likeness (QED) is 0.665. The highest BCUT2D eigenvalue weighted by Crippen LogP contribution is 2.19. The van der Waals surface area contributed by atoms with Crippen molar-refractivity contribution in [1.29, 1.82) is 0 Å². The zero-order valence-corrected chi connectivity index (χ0v) is 13.1. The molecule has 0 heterocycles. The van der Waals surface area contributed by atoms with Gasteiger partial charge >= 0.3 is 5.97 Å². The molecule has 0 aliphatic carbocycles. The third-order valence-electron chi connectivity index (χ3n) is 3.38. The fourth-order valence-corrected chi connectivity index (χ4v) is 2.12. The maximum absolute atomic E-state index is 10.4. The van der Waals surface area contributed by atoms with Crippen LogP contribution in [0.3, 0.4) is 0 Å². The summed E-state index contributed by atoms with van der Waals surface area (Å²) in [5, 5.41) is 8.55. The molecule has 0 atom stereocenters. The van der Waals surface area contributed by atoms with Crippen LogP contribution in [0.2, 0.25) is 0 Å². The Hall–Kier alpha value is -2.49. The van der Waals surface area contributed by atoms with Crippen LogP contribution in [0.15, 0.2) is 54.6 Å². The number of carbonyl (C=O) groups is 1. The summed E-state index contributed by atoms with van der Waals surface area (Å²) in [6, 6.07) is 17.6. The molecule has 0 spiro atoms. The van der Waals surface area contributed by atoms with Gasteiger partial charge in [0.1, 0.15) is 18.1 Å². The SMILES string of the molecule is O=C(O)CCCCCOc1ccc(OCc2ccccc2)cc1. The molecule has 0 saturated heterocycles. The van der Waals surface area contributed by atoms with Gasteiger partial charge in [0.15, 0.2) is 0 Å². The van der Waals surface area contributed by atoms with Crippen molar-refractivity contribution in [2.75, 3.05) is 6.61 Å². The van der Waals surface area contributed by atoms with Gasteiger partial charge in [-0.05, 0) is 49.1 Å². The summed E-state index contributed by atoms with van der Waals surface area (Å²) in [6.07, 6.45) is 2.66. The third kappa shape index (κ3) is 6.87. The lowest BCUT2D eigenvalue weighted by atomic mass is 10.2. The minimum absolute atomic E-state index is 0.230. The fourth-order valence-electron chi connectivity index (χ4n) is 2.12. The number of carboxylic acids is 1. The largest absolute Gasteiger partial charge is 0.494 e. The zero-order chi connectivity index (χ0) is 16.3. The summed E-state index contributed by atoms with van der Waals surface area (Å²) in [5.74, 6) is 0.870. The highest BCUT2D eigenvalue weighted by molar-refractivity contribution is 5.66. The van der Waals surface area contributed by atoms with Gasteiger partial charge in [0, 0.05) is 6.42 Å². The van der Waals surface area contributed by atoms with Crippen molar-refractivity contribution in [1.82, 2.24) is 0 Å². The van der Waals surface area contributed by atoms with E-state index in [-0.39, 0.29) is 6.42 Å². The van der Waals surface area contributed by atoms with Crippen molar-refractivity contribution in [3.05, 3.63) is 60.2 Å². The second kappa shape index (κ2) is 9.51. The van der Waals surface area contributed by atoms with E-state index in [0.717, 1.165) is 29.9 Å². The van der Waals surface area contributed by atoms with Gasteiger partial charge in [-0.3, -0.25) is 4.79 Å². The van der Waals surface area contributed by atoms with E-state index in [1.165, 1.54) is 0 Å². The van der Waals surface area contributed by atoms with Gasteiger partial charge < -0.3 is 14.6 Å². The predicted molar refractivity (Wildman–Crippen MR) is 88.8 cm³/mol. The lowest BCUT2D eigenvalue weighted by Gasteiger charge is -2.09. The molecule has 0 unspecified atom stereocenters. The molecule has 0 aliphatic rings. The van der Waals surface area contributed by atoms with Gasteiger partial charge in [0.05, 0.1) is 6.61 Å². The zero-order valence-electron chi connectivity index (χ0n) is 13.1. The van der Waals surface area contributed by atoms with Crippen molar-refractivity contribution in [2.24, 2.45) is 0 Å². The molecule has 0 aromatic heterocycles. The van der Waals surface area contributed by atoms with E-state index in [1.54, 1.807) is 0 Å². The van der Waals surface area contributed by atoms with Crippen LogP contribution >= 0.6 is 0 Å². The van der Waals surface area contributed by atoms with Crippen LogP contribution in [0.5, 0.6) is 11.5 Å². The first-order valence-corrected chi connectivity index (χ1v) is 7.85. The predicted octanol–water partition coefficient (Wildman–Crippen LogP) is 4.29. The summed E-state index contributed by atoms with van der Waals surface area (Å²) in [7, 11) is 0. The molecule has 2 aromatic carbocycles. The van der Waals surface area contributed by atoms with Crippen LogP contribution in [-0.2, 0) is 11.4 Å². The monoisotopic (exact) mass is 314 g/mol. The van der Waals surface area contributed by atoms with Gasteiger partial charge in [0.2, 0.25) is 0 Å². The second-order valence-electron chi connectivity index (χ2n) is 5.30. The Morgan fingerprint density at radius 1 is 0.826 bits per heavy atom. The minimum atomic E-state index is -0.739. The summed E-state index contributed by atoms with van der Waals surface area (Å²) in [6.45, 7) is 1.15.